The number of nitrogens with zero attached hydrogens (tertiary/aromatic N) is 1. The Labute approximate surface area is 226 Å². The molecule has 0 aliphatic carbocycles. The van der Waals surface area contributed by atoms with Gasteiger partial charge in [-0.1, -0.05) is 23.2 Å². The average Bonchev–Trinajstić information content (AvgIpc) is 3.63. The van der Waals surface area contributed by atoms with Crippen molar-refractivity contribution < 1.29 is 31.9 Å². The highest BCUT2D eigenvalue weighted by Crippen LogP contribution is 2.42. The Bertz CT molecular complexity index is 1670. The van der Waals surface area contributed by atoms with Crippen molar-refractivity contribution in [2.45, 2.75) is 13.0 Å². The minimum Gasteiger partial charge on any atom is -0.484 e. The molecule has 3 N–H and O–H groups in total. The summed E-state index contributed by atoms with van der Waals surface area (Å²) in [4.78, 5) is 29.3. The molecule has 0 radical (unpaired) electrons. The van der Waals surface area contributed by atoms with Crippen LogP contribution in [0.25, 0.3) is 21.5 Å². The number of benzene rings is 1. The van der Waals surface area contributed by atoms with Crippen LogP contribution in [0, 0.1) is 0 Å². The lowest BCUT2D eigenvalue weighted by atomic mass is 10.1. The zero-order valence-corrected chi connectivity index (χ0v) is 21.3. The minimum absolute atomic E-state index is 0.00404. The van der Waals surface area contributed by atoms with Crippen molar-refractivity contribution in [3.8, 4) is 17.1 Å². The fourth-order valence-electron chi connectivity index (χ4n) is 3.64. The Morgan fingerprint density at radius 2 is 1.97 bits per heavy atom. The molecule has 0 fully saturated rings. The Balaban J connectivity index is 1.46. The van der Waals surface area contributed by atoms with Gasteiger partial charge in [-0.05, 0) is 48.5 Å². The molecule has 0 aliphatic rings. The van der Waals surface area contributed by atoms with Gasteiger partial charge >= 0.3 is 0 Å². The third kappa shape index (κ3) is 5.08. The molecule has 4 aromatic heterocycles. The Morgan fingerprint density at radius 3 is 2.66 bits per heavy atom. The maximum Gasteiger partial charge on any atom is 0.291 e. The molecule has 0 aliphatic heterocycles. The van der Waals surface area contributed by atoms with Gasteiger partial charge in [0.25, 0.3) is 18.2 Å². The highest BCUT2D eigenvalue weighted by molar-refractivity contribution is 7.21. The van der Waals surface area contributed by atoms with Crippen LogP contribution in [-0.4, -0.2) is 16.8 Å². The van der Waals surface area contributed by atoms with Gasteiger partial charge in [-0.3, -0.25) is 9.59 Å². The predicted octanol–water partition coefficient (Wildman–Crippen LogP) is 7.32. The zero-order chi connectivity index (χ0) is 27.0. The molecule has 0 bridgehead atoms. The van der Waals surface area contributed by atoms with E-state index in [4.69, 9.17) is 42.5 Å². The summed E-state index contributed by atoms with van der Waals surface area (Å²) >= 11 is 12.8. The number of anilines is 1. The summed E-state index contributed by atoms with van der Waals surface area (Å²) in [6.07, 6.45) is -1.51. The number of hydrogen-bond donors (Lipinski definition) is 2. The first-order valence-corrected chi connectivity index (χ1v) is 12.4. The van der Waals surface area contributed by atoms with E-state index in [1.165, 1.54) is 24.5 Å². The van der Waals surface area contributed by atoms with Gasteiger partial charge in [-0.25, -0.2) is 13.8 Å². The summed E-state index contributed by atoms with van der Waals surface area (Å²) in [5.41, 5.74) is 5.24. The van der Waals surface area contributed by atoms with Crippen LogP contribution in [0.4, 0.5) is 14.5 Å². The molecule has 13 heteroatoms. The second-order valence-electron chi connectivity index (χ2n) is 7.81. The van der Waals surface area contributed by atoms with Crippen molar-refractivity contribution in [3.05, 3.63) is 86.9 Å². The monoisotopic (exact) mass is 577 g/mol. The number of furan rings is 2. The fourth-order valence-corrected chi connectivity index (χ4v) is 5.12. The number of rotatable bonds is 8. The fraction of sp³-hybridized carbons (Fsp3) is 0.0800. The van der Waals surface area contributed by atoms with Crippen molar-refractivity contribution in [2.24, 2.45) is 5.73 Å². The molecule has 0 atom stereocenters. The summed E-state index contributed by atoms with van der Waals surface area (Å²) in [5.74, 6) is -0.771. The lowest BCUT2D eigenvalue weighted by Crippen LogP contribution is -2.16. The van der Waals surface area contributed by atoms with Crippen molar-refractivity contribution in [3.63, 3.8) is 0 Å². The van der Waals surface area contributed by atoms with E-state index in [0.717, 1.165) is 17.4 Å². The summed E-state index contributed by atoms with van der Waals surface area (Å²) in [6, 6.07) is 12.0. The second kappa shape index (κ2) is 10.4. The molecule has 194 valence electrons. The molecule has 1 aromatic carbocycles. The van der Waals surface area contributed by atoms with Crippen LogP contribution in [0.5, 0.6) is 5.75 Å². The number of aromatic nitrogens is 1. The number of carbonyl (C=O) groups is 2. The van der Waals surface area contributed by atoms with Crippen LogP contribution in [0.2, 0.25) is 10.0 Å². The number of carbonyl (C=O) groups excluding carboxylic acids is 2. The highest BCUT2D eigenvalue weighted by atomic mass is 35.5. The maximum atomic E-state index is 13.5. The molecular weight excluding hydrogens is 563 g/mol. The van der Waals surface area contributed by atoms with Gasteiger partial charge in [0.15, 0.2) is 5.76 Å². The van der Waals surface area contributed by atoms with Crippen molar-refractivity contribution in [1.82, 2.24) is 4.98 Å². The third-order valence-electron chi connectivity index (χ3n) is 5.30. The quantitative estimate of drug-likeness (QED) is 0.199. The SMILES string of the molecule is NC(=O)c1sc2nc(C(F)F)cc(-c3ccco3)c2c1NC(=O)c1ccc(COc2ccc(Cl)cc2Cl)o1. The van der Waals surface area contributed by atoms with Gasteiger partial charge in [-0.2, -0.15) is 0 Å². The van der Waals surface area contributed by atoms with Gasteiger partial charge in [0.05, 0.1) is 17.0 Å². The normalized spacial score (nSPS) is 11.3. The van der Waals surface area contributed by atoms with E-state index < -0.39 is 23.9 Å². The number of hydrogen-bond acceptors (Lipinski definition) is 7. The number of pyridine rings is 1. The van der Waals surface area contributed by atoms with Gasteiger partial charge in [-0.15, -0.1) is 11.3 Å². The van der Waals surface area contributed by atoms with Crippen LogP contribution in [0.15, 0.2) is 63.6 Å². The Kier molecular flexibility index (Phi) is 7.06. The van der Waals surface area contributed by atoms with Gasteiger partial charge in [0.1, 0.15) is 39.3 Å². The van der Waals surface area contributed by atoms with E-state index in [-0.39, 0.29) is 44.5 Å². The molecule has 5 rings (SSSR count). The molecule has 0 spiro atoms. The molecule has 4 heterocycles. The minimum atomic E-state index is -2.88. The predicted molar refractivity (Wildman–Crippen MR) is 138 cm³/mol. The molecule has 38 heavy (non-hydrogen) atoms. The molecule has 0 saturated heterocycles. The molecule has 0 unspecified atom stereocenters. The lowest BCUT2D eigenvalue weighted by Gasteiger charge is -2.09. The van der Waals surface area contributed by atoms with E-state index in [0.29, 0.717) is 21.6 Å². The summed E-state index contributed by atoms with van der Waals surface area (Å²) < 4.78 is 43.7. The average molecular weight is 578 g/mol. The molecule has 5 aromatic rings. The maximum absolute atomic E-state index is 13.5. The van der Waals surface area contributed by atoms with E-state index >= 15 is 0 Å². The number of primary amides is 1. The number of amides is 2. The van der Waals surface area contributed by atoms with E-state index in [9.17, 15) is 18.4 Å². The van der Waals surface area contributed by atoms with Gasteiger partial charge < -0.3 is 24.6 Å². The first-order valence-electron chi connectivity index (χ1n) is 10.8. The van der Waals surface area contributed by atoms with E-state index in [1.807, 2.05) is 0 Å². The van der Waals surface area contributed by atoms with Crippen molar-refractivity contribution >= 4 is 62.3 Å². The van der Waals surface area contributed by atoms with Crippen molar-refractivity contribution in [2.75, 3.05) is 5.32 Å². The first-order chi connectivity index (χ1) is 18.2. The topological polar surface area (TPSA) is 121 Å². The van der Waals surface area contributed by atoms with Crippen LogP contribution in [-0.2, 0) is 6.61 Å². The van der Waals surface area contributed by atoms with Gasteiger partial charge in [0, 0.05) is 16.0 Å². The molecule has 2 amide bonds. The van der Waals surface area contributed by atoms with E-state index in [1.54, 1.807) is 24.3 Å². The zero-order valence-electron chi connectivity index (χ0n) is 19.0. The Morgan fingerprint density at radius 1 is 1.16 bits per heavy atom. The number of halogens is 4. The van der Waals surface area contributed by atoms with Gasteiger partial charge in [0.2, 0.25) is 0 Å². The summed E-state index contributed by atoms with van der Waals surface area (Å²) in [7, 11) is 0. The largest absolute Gasteiger partial charge is 0.484 e. The molecular formula is C25H15Cl2F2N3O5S. The summed E-state index contributed by atoms with van der Waals surface area (Å²) in [5, 5.41) is 3.60. The highest BCUT2D eigenvalue weighted by Gasteiger charge is 2.26. The number of ether oxygens (including phenoxy) is 1. The second-order valence-corrected chi connectivity index (χ2v) is 9.65. The first kappa shape index (κ1) is 25.7. The molecule has 0 saturated carbocycles. The number of fused-ring (bicyclic) bond motifs is 1. The number of thiophene rings is 1. The molecule has 8 nitrogen and oxygen atoms in total. The van der Waals surface area contributed by atoms with E-state index in [2.05, 4.69) is 10.3 Å². The van der Waals surface area contributed by atoms with Crippen LogP contribution in [0.1, 0.15) is 38.1 Å². The Hall–Kier alpha value is -3.93. The smallest absolute Gasteiger partial charge is 0.291 e. The van der Waals surface area contributed by atoms with Crippen LogP contribution in [0.3, 0.4) is 0 Å². The standard InChI is InChI=1S/C25H15Cl2F2N3O5S/c26-11-3-5-17(14(27)8-11)36-10-12-4-6-18(37-12)24(34)32-20-19-13(16-2-1-7-35-16)9-15(22(28)29)31-25(19)38-21(20)23(30)33/h1-9,22H,10H2,(H2,30,33)(H,32,34). The summed E-state index contributed by atoms with van der Waals surface area (Å²) in [6.45, 7) is -0.0362. The lowest BCUT2D eigenvalue weighted by molar-refractivity contribution is 0.0992. The van der Waals surface area contributed by atoms with Crippen LogP contribution < -0.4 is 15.8 Å². The van der Waals surface area contributed by atoms with Crippen molar-refractivity contribution in [1.29, 1.82) is 0 Å². The number of nitrogens with two attached hydrogens (primary N) is 1. The third-order valence-corrected chi connectivity index (χ3v) is 6.93. The number of alkyl halides is 2. The van der Waals surface area contributed by atoms with Crippen LogP contribution >= 0.6 is 34.5 Å². The number of nitrogens with one attached hydrogen (secondary N) is 1.